The zero-order chi connectivity index (χ0) is 40.7. The summed E-state index contributed by atoms with van der Waals surface area (Å²) in [5, 5.41) is 59.3. The number of carboxylic acid groups (broad SMARTS) is 2. The second-order valence-electron chi connectivity index (χ2n) is 14.1. The highest BCUT2D eigenvalue weighted by atomic mass is 16.4. The van der Waals surface area contributed by atoms with Crippen LogP contribution < -0.4 is 21.3 Å². The van der Waals surface area contributed by atoms with Gasteiger partial charge in [0.15, 0.2) is 17.2 Å². The zero-order valence-electron chi connectivity index (χ0n) is 30.7. The Hall–Kier alpha value is -6.33. The number of H-pyrrole nitrogens is 1. The zero-order valence-corrected chi connectivity index (χ0v) is 30.7. The Kier molecular flexibility index (Phi) is 13.3. The average molecular weight is 767 g/mol. The van der Waals surface area contributed by atoms with Crippen molar-refractivity contribution in [1.82, 2.24) is 31.2 Å². The molecule has 2 aromatic carbocycles. The number of aromatic amines is 1. The van der Waals surface area contributed by atoms with Crippen LogP contribution in [0.1, 0.15) is 62.9 Å². The van der Waals surface area contributed by atoms with Crippen molar-refractivity contribution >= 4 is 52.4 Å². The van der Waals surface area contributed by atoms with Crippen LogP contribution in [0.25, 0.3) is 10.9 Å². The second kappa shape index (κ2) is 17.7. The lowest BCUT2D eigenvalue weighted by Crippen LogP contribution is -2.60. The first-order valence-electron chi connectivity index (χ1n) is 17.7. The van der Waals surface area contributed by atoms with E-state index < -0.39 is 107 Å². The third kappa shape index (κ3) is 10.0. The Labute approximate surface area is 315 Å². The van der Waals surface area contributed by atoms with Gasteiger partial charge in [0.1, 0.15) is 30.2 Å². The highest BCUT2D eigenvalue weighted by Gasteiger charge is 2.38. The fourth-order valence-electron chi connectivity index (χ4n) is 6.38. The first kappa shape index (κ1) is 41.4. The molecule has 0 aliphatic carbocycles. The van der Waals surface area contributed by atoms with Crippen LogP contribution in [0.2, 0.25) is 0 Å². The molecule has 10 N–H and O–H groups in total. The van der Waals surface area contributed by atoms with Gasteiger partial charge in [0.2, 0.25) is 23.6 Å². The van der Waals surface area contributed by atoms with Crippen molar-refractivity contribution < 1.29 is 59.1 Å². The summed E-state index contributed by atoms with van der Waals surface area (Å²) < 4.78 is 0. The van der Waals surface area contributed by atoms with Gasteiger partial charge in [0.05, 0.1) is 6.42 Å². The van der Waals surface area contributed by atoms with Crippen molar-refractivity contribution in [1.29, 1.82) is 0 Å². The van der Waals surface area contributed by atoms with E-state index in [4.69, 9.17) is 0 Å². The molecule has 1 saturated heterocycles. The summed E-state index contributed by atoms with van der Waals surface area (Å²) in [5.41, 5.74) is 1.19. The predicted octanol–water partition coefficient (Wildman–Crippen LogP) is 0.943. The topological polar surface area (TPSA) is 288 Å². The molecule has 1 aliphatic heterocycles. The number of benzene rings is 2. The number of carboxylic acids is 2. The molecule has 1 fully saturated rings. The third-order valence-corrected chi connectivity index (χ3v) is 9.35. The molecule has 4 rings (SSSR count). The van der Waals surface area contributed by atoms with Crippen LogP contribution in [0.3, 0.4) is 0 Å². The van der Waals surface area contributed by atoms with E-state index in [2.05, 4.69) is 26.3 Å². The predicted molar refractivity (Wildman–Crippen MR) is 195 cm³/mol. The molecule has 5 atom stereocenters. The number of fused-ring (bicyclic) bond motifs is 1. The van der Waals surface area contributed by atoms with Crippen molar-refractivity contribution in [3.8, 4) is 17.2 Å². The minimum Gasteiger partial charge on any atom is -0.504 e. The van der Waals surface area contributed by atoms with Gasteiger partial charge in [-0.15, -0.1) is 0 Å². The summed E-state index contributed by atoms with van der Waals surface area (Å²) in [6.45, 7) is 6.38. The van der Waals surface area contributed by atoms with Gasteiger partial charge in [-0.2, -0.15) is 0 Å². The van der Waals surface area contributed by atoms with E-state index in [0.717, 1.165) is 23.0 Å². The number of hydrogen-bond donors (Lipinski definition) is 10. The van der Waals surface area contributed by atoms with E-state index >= 15 is 0 Å². The standard InChI is InChI=1S/C37H46N6O12/c1-17(2)29(35(52)40-24(15-28(46)47)33(50)42-30(18(3)4)37(54)55)41-32(49)23(12-20-16-38-22-9-6-5-8-21(20)22)39-34(51)25-10-7-11-43(25)36(53)19-13-26(44)31(48)27(45)14-19/h5-6,8-9,13-14,16-18,23-25,29-30,38,44-45,48H,7,10-12,15H2,1-4H3,(H,39,51)(H,40,52)(H,41,49)(H,42,50)(H,46,47)(H,54,55)/t23-,24-,25-,29-,30-/m0/s1. The number of nitrogens with zero attached hydrogens (tertiary/aromatic N) is 1. The molecular formula is C37H46N6O12. The molecule has 0 unspecified atom stereocenters. The molecule has 0 bridgehead atoms. The van der Waals surface area contributed by atoms with Crippen molar-refractivity contribution in [3.05, 3.63) is 53.7 Å². The van der Waals surface area contributed by atoms with Crippen molar-refractivity contribution in [3.63, 3.8) is 0 Å². The van der Waals surface area contributed by atoms with Crippen molar-refractivity contribution in [2.75, 3.05) is 6.54 Å². The number of rotatable bonds is 16. The number of phenols is 3. The summed E-state index contributed by atoms with van der Waals surface area (Å²) >= 11 is 0. The molecule has 5 amide bonds. The number of aromatic hydroxyl groups is 3. The molecule has 1 aliphatic rings. The average Bonchev–Trinajstić information content (AvgIpc) is 3.77. The Morgan fingerprint density at radius 1 is 0.800 bits per heavy atom. The monoisotopic (exact) mass is 766 g/mol. The number of aliphatic carboxylic acids is 2. The molecule has 55 heavy (non-hydrogen) atoms. The molecule has 1 aromatic heterocycles. The number of likely N-dealkylation sites (tertiary alicyclic amines) is 1. The molecule has 2 heterocycles. The van der Waals surface area contributed by atoms with E-state index in [-0.39, 0.29) is 24.9 Å². The lowest BCUT2D eigenvalue weighted by Gasteiger charge is -2.29. The molecule has 18 heteroatoms. The summed E-state index contributed by atoms with van der Waals surface area (Å²) in [5.74, 6) is -10.5. The van der Waals surface area contributed by atoms with Gasteiger partial charge in [0.25, 0.3) is 5.91 Å². The van der Waals surface area contributed by atoms with Crippen LogP contribution >= 0.6 is 0 Å². The molecule has 18 nitrogen and oxygen atoms in total. The number of phenolic OH excluding ortho intramolecular Hbond substituents is 3. The number of aromatic nitrogens is 1. The Balaban J connectivity index is 1.59. The van der Waals surface area contributed by atoms with Crippen LogP contribution in [-0.4, -0.2) is 114 Å². The lowest BCUT2D eigenvalue weighted by molar-refractivity contribution is -0.144. The van der Waals surface area contributed by atoms with Crippen LogP contribution in [0, 0.1) is 11.8 Å². The molecular weight excluding hydrogens is 720 g/mol. The fraction of sp³-hybridized carbons (Fsp3) is 0.432. The molecule has 296 valence electrons. The Bertz CT molecular complexity index is 1940. The van der Waals surface area contributed by atoms with E-state index in [1.165, 1.54) is 18.7 Å². The van der Waals surface area contributed by atoms with Crippen molar-refractivity contribution in [2.45, 2.75) is 83.6 Å². The second-order valence-corrected chi connectivity index (χ2v) is 14.1. The normalized spacial score (nSPS) is 16.3. The van der Waals surface area contributed by atoms with E-state index in [1.54, 1.807) is 26.1 Å². The number of carbonyl (C=O) groups is 7. The number of amides is 5. The smallest absolute Gasteiger partial charge is 0.326 e. The minimum absolute atomic E-state index is 0.0791. The number of para-hydroxylation sites is 1. The third-order valence-electron chi connectivity index (χ3n) is 9.35. The first-order chi connectivity index (χ1) is 25.9. The van der Waals surface area contributed by atoms with Gasteiger partial charge in [-0.3, -0.25) is 28.8 Å². The van der Waals surface area contributed by atoms with Crippen LogP contribution in [0.15, 0.2) is 42.6 Å². The van der Waals surface area contributed by atoms with Crippen LogP contribution in [0.4, 0.5) is 0 Å². The quantitative estimate of drug-likeness (QED) is 0.0912. The summed E-state index contributed by atoms with van der Waals surface area (Å²) in [4.78, 5) is 95.8. The highest BCUT2D eigenvalue weighted by molar-refractivity contribution is 6.00. The number of nitrogens with one attached hydrogen (secondary N) is 5. The van der Waals surface area contributed by atoms with E-state index in [1.807, 2.05) is 18.2 Å². The van der Waals surface area contributed by atoms with E-state index in [9.17, 15) is 59.1 Å². The maximum Gasteiger partial charge on any atom is 0.326 e. The van der Waals surface area contributed by atoms with Gasteiger partial charge in [-0.05, 0) is 48.4 Å². The fourth-order valence-corrected chi connectivity index (χ4v) is 6.38. The minimum atomic E-state index is -1.70. The molecule has 0 radical (unpaired) electrons. The van der Waals surface area contributed by atoms with Crippen LogP contribution in [-0.2, 0) is 35.2 Å². The molecule has 3 aromatic rings. The summed E-state index contributed by atoms with van der Waals surface area (Å²) in [7, 11) is 0. The maximum atomic E-state index is 14.1. The van der Waals surface area contributed by atoms with Gasteiger partial charge in [-0.25, -0.2) is 4.79 Å². The maximum absolute atomic E-state index is 14.1. The summed E-state index contributed by atoms with van der Waals surface area (Å²) in [6, 6.07) is 2.28. The van der Waals surface area contributed by atoms with Gasteiger partial charge < -0.3 is 56.7 Å². The highest BCUT2D eigenvalue weighted by Crippen LogP contribution is 2.36. The van der Waals surface area contributed by atoms with Crippen LogP contribution in [0.5, 0.6) is 17.2 Å². The van der Waals surface area contributed by atoms with Crippen molar-refractivity contribution in [2.24, 2.45) is 11.8 Å². The van der Waals surface area contributed by atoms with Gasteiger partial charge in [0, 0.05) is 35.6 Å². The van der Waals surface area contributed by atoms with E-state index in [0.29, 0.717) is 12.0 Å². The SMILES string of the molecule is CC(C)[C@H](NC(=O)[C@H](CC(=O)O)NC(=O)[C@@H](NC(=O)[C@H](Cc1c[nH]c2ccccc12)NC(=O)[C@@H]1CCCN1C(=O)c1cc(O)c(O)c(O)c1)C(C)C)C(=O)O. The number of hydrogen-bond acceptors (Lipinski definition) is 10. The largest absolute Gasteiger partial charge is 0.504 e. The lowest BCUT2D eigenvalue weighted by atomic mass is 9.99. The first-order valence-corrected chi connectivity index (χ1v) is 17.7. The number of carbonyl (C=O) groups excluding carboxylic acids is 5. The van der Waals surface area contributed by atoms with Gasteiger partial charge >= 0.3 is 11.9 Å². The Morgan fingerprint density at radius 3 is 2.00 bits per heavy atom. The summed E-state index contributed by atoms with van der Waals surface area (Å²) in [6.07, 6.45) is 1.31. The van der Waals surface area contributed by atoms with Gasteiger partial charge in [-0.1, -0.05) is 45.9 Å². The molecule has 0 saturated carbocycles. The Morgan fingerprint density at radius 2 is 1.40 bits per heavy atom. The molecule has 0 spiro atoms.